The minimum atomic E-state index is 0.112. The maximum atomic E-state index is 13.0. The number of hydrogen-bond donors (Lipinski definition) is 0. The monoisotopic (exact) mass is 452 g/mol. The van der Waals surface area contributed by atoms with Crippen molar-refractivity contribution in [1.82, 2.24) is 4.57 Å². The van der Waals surface area contributed by atoms with E-state index >= 15 is 0 Å². The lowest BCUT2D eigenvalue weighted by molar-refractivity contribution is 0.0950. The molecule has 1 aromatic heterocycles. The van der Waals surface area contributed by atoms with Crippen LogP contribution in [0.1, 0.15) is 71.3 Å². The lowest BCUT2D eigenvalue weighted by Crippen LogP contribution is -2.13. The Labute approximate surface area is 193 Å². The molecule has 0 spiro atoms. The number of carbonyl (C=O) groups excluding carboxylic acids is 1. The van der Waals surface area contributed by atoms with Gasteiger partial charge in [0.1, 0.15) is 0 Å². The minimum Gasteiger partial charge on any atom is -0.347 e. The van der Waals surface area contributed by atoms with Gasteiger partial charge in [-0.2, -0.15) is 5.26 Å². The molecule has 0 N–H and O–H groups in total. The second-order valence-corrected chi connectivity index (χ2v) is 9.51. The summed E-state index contributed by atoms with van der Waals surface area (Å²) in [5.41, 5.74) is 5.10. The summed E-state index contributed by atoms with van der Waals surface area (Å²) in [7, 11) is 1.98. The number of aryl methyl sites for hydroxylation is 2. The van der Waals surface area contributed by atoms with Gasteiger partial charge in [0, 0.05) is 47.1 Å². The van der Waals surface area contributed by atoms with E-state index in [0.29, 0.717) is 39.9 Å². The van der Waals surface area contributed by atoms with Crippen molar-refractivity contribution in [2.75, 3.05) is 0 Å². The summed E-state index contributed by atoms with van der Waals surface area (Å²) in [5.74, 6) is 0.577. The van der Waals surface area contributed by atoms with Crippen LogP contribution in [0.5, 0.6) is 0 Å². The average molecular weight is 453 g/mol. The van der Waals surface area contributed by atoms with Crippen LogP contribution in [0.4, 0.5) is 0 Å². The first kappa shape index (κ1) is 21.9. The number of aromatic nitrogens is 1. The molecule has 1 fully saturated rings. The van der Waals surface area contributed by atoms with E-state index in [1.807, 2.05) is 26.1 Å². The van der Waals surface area contributed by atoms with Crippen LogP contribution in [0, 0.1) is 24.2 Å². The second-order valence-electron chi connectivity index (χ2n) is 8.73. The third-order valence-corrected chi connectivity index (χ3v) is 7.43. The number of halogens is 2. The van der Waals surface area contributed by atoms with Crippen molar-refractivity contribution in [3.05, 3.63) is 68.3 Å². The fourth-order valence-corrected chi connectivity index (χ4v) is 5.43. The topological polar surface area (TPSA) is 45.8 Å². The van der Waals surface area contributed by atoms with Gasteiger partial charge < -0.3 is 4.57 Å². The number of hydrogen-bond acceptors (Lipinski definition) is 2. The molecule has 2 aromatic carbocycles. The molecule has 5 heteroatoms. The van der Waals surface area contributed by atoms with Crippen LogP contribution in [-0.2, 0) is 13.5 Å². The smallest absolute Gasteiger partial charge is 0.164 e. The Hall–Kier alpha value is -2.28. The third-order valence-electron chi connectivity index (χ3n) is 6.64. The molecule has 1 aliphatic rings. The van der Waals surface area contributed by atoms with Gasteiger partial charge in [-0.3, -0.25) is 4.79 Å². The highest BCUT2D eigenvalue weighted by Gasteiger charge is 2.22. The Bertz CT molecular complexity index is 1200. The molecular formula is C26H26Cl2N2O. The van der Waals surface area contributed by atoms with Gasteiger partial charge in [-0.25, -0.2) is 0 Å². The zero-order valence-corrected chi connectivity index (χ0v) is 19.5. The van der Waals surface area contributed by atoms with Gasteiger partial charge in [0.2, 0.25) is 0 Å². The van der Waals surface area contributed by atoms with Crippen molar-refractivity contribution < 1.29 is 4.79 Å². The summed E-state index contributed by atoms with van der Waals surface area (Å²) in [6.45, 7) is 2.01. The lowest BCUT2D eigenvalue weighted by atomic mass is 9.84. The Morgan fingerprint density at radius 3 is 2.61 bits per heavy atom. The number of Topliss-reactive ketones (excluding diaryl/α,β-unsaturated/α-hetero) is 1. The lowest BCUT2D eigenvalue weighted by Gasteiger charge is -2.21. The molecule has 0 bridgehead atoms. The largest absolute Gasteiger partial charge is 0.347 e. The number of carbonyl (C=O) groups is 1. The zero-order chi connectivity index (χ0) is 22.1. The van der Waals surface area contributed by atoms with Gasteiger partial charge in [-0.15, -0.1) is 0 Å². The van der Waals surface area contributed by atoms with Gasteiger partial charge in [-0.1, -0.05) is 55.3 Å². The van der Waals surface area contributed by atoms with Crippen LogP contribution in [0.15, 0.2) is 30.3 Å². The molecule has 1 aliphatic carbocycles. The van der Waals surface area contributed by atoms with Crippen molar-refractivity contribution in [3.63, 3.8) is 0 Å². The molecule has 4 rings (SSSR count). The first-order valence-corrected chi connectivity index (χ1v) is 11.6. The molecule has 1 heterocycles. The normalized spacial score (nSPS) is 14.7. The van der Waals surface area contributed by atoms with Crippen LogP contribution in [0.25, 0.3) is 10.9 Å². The fraction of sp³-hybridized carbons (Fsp3) is 0.385. The summed E-state index contributed by atoms with van der Waals surface area (Å²) in [4.78, 5) is 13.0. The predicted octanol–water partition coefficient (Wildman–Crippen LogP) is 7.41. The number of benzene rings is 2. The fourth-order valence-electron chi connectivity index (χ4n) is 4.82. The summed E-state index contributed by atoms with van der Waals surface area (Å²) in [5, 5.41) is 11.4. The van der Waals surface area contributed by atoms with Gasteiger partial charge in [-0.05, 0) is 54.3 Å². The first-order chi connectivity index (χ1) is 14.9. The Balaban J connectivity index is 1.67. The van der Waals surface area contributed by atoms with E-state index in [0.717, 1.165) is 40.6 Å². The van der Waals surface area contributed by atoms with Crippen LogP contribution >= 0.6 is 23.2 Å². The number of ketones is 1. The molecule has 0 radical (unpaired) electrons. The molecule has 0 amide bonds. The average Bonchev–Trinajstić information content (AvgIpc) is 3.07. The highest BCUT2D eigenvalue weighted by molar-refractivity contribution is 6.38. The van der Waals surface area contributed by atoms with E-state index in [-0.39, 0.29) is 5.78 Å². The van der Waals surface area contributed by atoms with E-state index in [4.69, 9.17) is 23.2 Å². The Morgan fingerprint density at radius 1 is 1.16 bits per heavy atom. The van der Waals surface area contributed by atoms with Gasteiger partial charge in [0.25, 0.3) is 0 Å². The quantitative estimate of drug-likeness (QED) is 0.378. The molecule has 31 heavy (non-hydrogen) atoms. The van der Waals surface area contributed by atoms with Crippen LogP contribution in [0.3, 0.4) is 0 Å². The molecule has 0 aliphatic heterocycles. The van der Waals surface area contributed by atoms with Gasteiger partial charge in [0.15, 0.2) is 5.78 Å². The number of fused-ring (bicyclic) bond motifs is 1. The zero-order valence-electron chi connectivity index (χ0n) is 18.0. The first-order valence-electron chi connectivity index (χ1n) is 10.9. The maximum absolute atomic E-state index is 13.0. The van der Waals surface area contributed by atoms with Crippen LogP contribution < -0.4 is 0 Å². The van der Waals surface area contributed by atoms with E-state index in [1.54, 1.807) is 12.1 Å². The molecule has 3 nitrogen and oxygen atoms in total. The van der Waals surface area contributed by atoms with Crippen molar-refractivity contribution >= 4 is 39.9 Å². The van der Waals surface area contributed by atoms with E-state index in [1.165, 1.54) is 19.3 Å². The Kier molecular flexibility index (Phi) is 6.42. The SMILES string of the molecule is Cc1cc(C#N)cc2c1cc(Cc1c(Cl)ccc(C(=O)CC3CCCCC3)c1Cl)n2C. The molecule has 0 saturated heterocycles. The van der Waals surface area contributed by atoms with Gasteiger partial charge in [0.05, 0.1) is 16.7 Å². The summed E-state index contributed by atoms with van der Waals surface area (Å²) in [6, 6.07) is 11.7. The predicted molar refractivity (Wildman–Crippen MR) is 127 cm³/mol. The maximum Gasteiger partial charge on any atom is 0.164 e. The Morgan fingerprint density at radius 2 is 1.90 bits per heavy atom. The van der Waals surface area contributed by atoms with E-state index < -0.39 is 0 Å². The highest BCUT2D eigenvalue weighted by atomic mass is 35.5. The van der Waals surface area contributed by atoms with Crippen molar-refractivity contribution in [2.24, 2.45) is 13.0 Å². The van der Waals surface area contributed by atoms with E-state index in [2.05, 4.69) is 16.7 Å². The molecule has 160 valence electrons. The summed E-state index contributed by atoms with van der Waals surface area (Å²) >= 11 is 13.3. The molecular weight excluding hydrogens is 427 g/mol. The summed E-state index contributed by atoms with van der Waals surface area (Å²) < 4.78 is 2.08. The van der Waals surface area contributed by atoms with Crippen molar-refractivity contribution in [3.8, 4) is 6.07 Å². The molecule has 1 saturated carbocycles. The molecule has 0 atom stereocenters. The third kappa shape index (κ3) is 4.38. The molecule has 0 unspecified atom stereocenters. The van der Waals surface area contributed by atoms with E-state index in [9.17, 15) is 10.1 Å². The minimum absolute atomic E-state index is 0.112. The number of nitrogens with zero attached hydrogens (tertiary/aromatic N) is 2. The van der Waals surface area contributed by atoms with Crippen molar-refractivity contribution in [1.29, 1.82) is 5.26 Å². The van der Waals surface area contributed by atoms with Crippen LogP contribution in [0.2, 0.25) is 10.0 Å². The highest BCUT2D eigenvalue weighted by Crippen LogP contribution is 2.35. The van der Waals surface area contributed by atoms with Crippen LogP contribution in [-0.4, -0.2) is 10.4 Å². The molecule has 3 aromatic rings. The van der Waals surface area contributed by atoms with Crippen molar-refractivity contribution in [2.45, 2.75) is 51.9 Å². The number of rotatable bonds is 5. The number of nitriles is 1. The summed E-state index contributed by atoms with van der Waals surface area (Å²) in [6.07, 6.45) is 7.04. The van der Waals surface area contributed by atoms with Gasteiger partial charge >= 0.3 is 0 Å². The standard InChI is InChI=1S/C26H26Cl2N2O/c1-16-10-18(15-29)11-24-21(16)13-19(30(24)2)14-22-23(27)9-8-20(26(22)28)25(31)12-17-6-4-3-5-7-17/h8-11,13,17H,3-7,12,14H2,1-2H3. The second kappa shape index (κ2) is 9.07.